The Kier molecular flexibility index (Phi) is 52.0. The Hall–Kier alpha value is -0.530. The minimum absolute atomic E-state index is 0.0350. The van der Waals surface area contributed by atoms with Gasteiger partial charge in [0, 0.05) is 6.42 Å². The van der Waals surface area contributed by atoms with Crippen LogP contribution in [-0.4, -0.2) is 12.6 Å². The SMILES string of the molecule is CCCCCCCCCCCCCCCCCCCCCCCCCCCCCCCC(=O)OCCCCCCCCCCCCCCCCCCCCCC. The van der Waals surface area contributed by atoms with E-state index in [0.29, 0.717) is 13.0 Å². The largest absolute Gasteiger partial charge is 0.466 e. The van der Waals surface area contributed by atoms with Crippen LogP contribution in [0.15, 0.2) is 0 Å². The summed E-state index contributed by atoms with van der Waals surface area (Å²) in [4.78, 5) is 12.1. The zero-order chi connectivity index (χ0) is 40.3. The van der Waals surface area contributed by atoms with E-state index in [4.69, 9.17) is 4.74 Å². The molecule has 336 valence electrons. The minimum Gasteiger partial charge on any atom is -0.466 e. The molecule has 0 rings (SSSR count). The Labute approximate surface area is 355 Å². The molecule has 0 saturated carbocycles. The van der Waals surface area contributed by atoms with Crippen molar-refractivity contribution in [2.45, 2.75) is 335 Å². The number of esters is 1. The predicted molar refractivity (Wildman–Crippen MR) is 253 cm³/mol. The minimum atomic E-state index is 0.0350. The Balaban J connectivity index is 3.14. The lowest BCUT2D eigenvalue weighted by Gasteiger charge is -2.06. The van der Waals surface area contributed by atoms with E-state index in [0.717, 1.165) is 12.8 Å². The van der Waals surface area contributed by atoms with Crippen LogP contribution in [0.2, 0.25) is 0 Å². The molecular weight excluding hydrogens is 681 g/mol. The third-order valence-electron chi connectivity index (χ3n) is 12.7. The van der Waals surface area contributed by atoms with E-state index in [9.17, 15) is 4.79 Å². The van der Waals surface area contributed by atoms with Crippen LogP contribution in [0.25, 0.3) is 0 Å². The molecule has 0 aliphatic heterocycles. The summed E-state index contributed by atoms with van der Waals surface area (Å²) in [5.41, 5.74) is 0. The first kappa shape index (κ1) is 55.5. The molecule has 0 aromatic rings. The van der Waals surface area contributed by atoms with E-state index in [2.05, 4.69) is 13.8 Å². The van der Waals surface area contributed by atoms with Crippen LogP contribution >= 0.6 is 0 Å². The second-order valence-corrected chi connectivity index (χ2v) is 18.6. The fourth-order valence-electron chi connectivity index (χ4n) is 8.73. The molecule has 0 atom stereocenters. The maximum absolute atomic E-state index is 12.1. The molecule has 0 radical (unpaired) electrons. The zero-order valence-electron chi connectivity index (χ0n) is 39.4. The number of ether oxygens (including phenoxy) is 1. The summed E-state index contributed by atoms with van der Waals surface area (Å²) in [6, 6.07) is 0. The van der Waals surface area contributed by atoms with Gasteiger partial charge in [-0.1, -0.05) is 316 Å². The van der Waals surface area contributed by atoms with Gasteiger partial charge in [0.25, 0.3) is 0 Å². The zero-order valence-corrected chi connectivity index (χ0v) is 39.4. The van der Waals surface area contributed by atoms with Gasteiger partial charge in [-0.25, -0.2) is 0 Å². The van der Waals surface area contributed by atoms with Crippen LogP contribution in [0.4, 0.5) is 0 Å². The fourth-order valence-corrected chi connectivity index (χ4v) is 8.73. The van der Waals surface area contributed by atoms with E-state index in [1.54, 1.807) is 0 Å². The van der Waals surface area contributed by atoms with Gasteiger partial charge in [-0.05, 0) is 12.8 Å². The van der Waals surface area contributed by atoms with Gasteiger partial charge in [0.1, 0.15) is 0 Å². The van der Waals surface area contributed by atoms with Crippen molar-refractivity contribution in [1.82, 2.24) is 0 Å². The van der Waals surface area contributed by atoms with Crippen molar-refractivity contribution >= 4 is 5.97 Å². The second kappa shape index (κ2) is 52.5. The molecule has 0 aliphatic rings. The van der Waals surface area contributed by atoms with Crippen molar-refractivity contribution < 1.29 is 9.53 Å². The van der Waals surface area contributed by atoms with Crippen molar-refractivity contribution in [3.05, 3.63) is 0 Å². The first-order chi connectivity index (χ1) is 27.8. The van der Waals surface area contributed by atoms with E-state index >= 15 is 0 Å². The molecule has 0 amide bonds. The van der Waals surface area contributed by atoms with Crippen LogP contribution in [0.3, 0.4) is 0 Å². The fraction of sp³-hybridized carbons (Fsp3) is 0.981. The summed E-state index contributed by atoms with van der Waals surface area (Å²) < 4.78 is 5.50. The topological polar surface area (TPSA) is 26.3 Å². The van der Waals surface area contributed by atoms with E-state index in [1.165, 1.54) is 302 Å². The molecule has 0 bridgehead atoms. The van der Waals surface area contributed by atoms with Gasteiger partial charge < -0.3 is 4.74 Å². The summed E-state index contributed by atoms with van der Waals surface area (Å²) in [7, 11) is 0. The molecule has 0 unspecified atom stereocenters. The molecule has 0 heterocycles. The Morgan fingerprint density at radius 2 is 0.393 bits per heavy atom. The normalized spacial score (nSPS) is 11.5. The van der Waals surface area contributed by atoms with Crippen molar-refractivity contribution in [3.63, 3.8) is 0 Å². The van der Waals surface area contributed by atoms with E-state index < -0.39 is 0 Å². The highest BCUT2D eigenvalue weighted by Gasteiger charge is 2.03. The third-order valence-corrected chi connectivity index (χ3v) is 12.7. The summed E-state index contributed by atoms with van der Waals surface area (Å²) in [6.45, 7) is 5.24. The number of rotatable bonds is 51. The maximum Gasteiger partial charge on any atom is 0.305 e. The average Bonchev–Trinajstić information content (AvgIpc) is 3.20. The van der Waals surface area contributed by atoms with E-state index in [1.807, 2.05) is 0 Å². The first-order valence-corrected chi connectivity index (χ1v) is 27.0. The van der Waals surface area contributed by atoms with Crippen molar-refractivity contribution in [1.29, 1.82) is 0 Å². The summed E-state index contributed by atoms with van der Waals surface area (Å²) in [6.07, 6.45) is 69.8. The van der Waals surface area contributed by atoms with Crippen LogP contribution in [0.5, 0.6) is 0 Å². The summed E-state index contributed by atoms with van der Waals surface area (Å²) >= 11 is 0. The summed E-state index contributed by atoms with van der Waals surface area (Å²) in [5.74, 6) is 0.0350. The molecule has 0 spiro atoms. The number of hydrogen-bond donors (Lipinski definition) is 0. The van der Waals surface area contributed by atoms with Crippen molar-refractivity contribution in [2.75, 3.05) is 6.61 Å². The molecule has 2 heteroatoms. The maximum atomic E-state index is 12.1. The monoisotopic (exact) mass is 789 g/mol. The second-order valence-electron chi connectivity index (χ2n) is 18.6. The molecule has 0 aromatic carbocycles. The quantitative estimate of drug-likeness (QED) is 0.0453. The Bertz CT molecular complexity index is 688. The predicted octanol–water partition coefficient (Wildman–Crippen LogP) is 20.1. The molecule has 56 heavy (non-hydrogen) atoms. The average molecular weight is 789 g/mol. The number of unbranched alkanes of at least 4 members (excludes halogenated alkanes) is 47. The molecule has 0 aromatic heterocycles. The van der Waals surface area contributed by atoms with Crippen LogP contribution in [-0.2, 0) is 9.53 Å². The van der Waals surface area contributed by atoms with Gasteiger partial charge in [0.15, 0.2) is 0 Å². The Morgan fingerprint density at radius 3 is 0.589 bits per heavy atom. The molecule has 0 N–H and O–H groups in total. The van der Waals surface area contributed by atoms with Gasteiger partial charge in [-0.15, -0.1) is 0 Å². The van der Waals surface area contributed by atoms with Crippen LogP contribution < -0.4 is 0 Å². The number of carbonyl (C=O) groups excluding carboxylic acids is 1. The lowest BCUT2D eigenvalue weighted by atomic mass is 10.0. The number of carbonyl (C=O) groups is 1. The molecule has 0 fully saturated rings. The van der Waals surface area contributed by atoms with Crippen molar-refractivity contribution in [3.8, 4) is 0 Å². The standard InChI is InChI=1S/C54H108O2/c1-3-5-7-9-11-13-15-17-19-21-23-25-26-27-28-29-30-31-32-33-34-36-38-40-42-44-46-48-50-52-54(55)56-53-51-49-47-45-43-41-39-37-35-24-22-20-18-16-14-12-10-8-6-4-2/h3-53H2,1-2H3. The lowest BCUT2D eigenvalue weighted by molar-refractivity contribution is -0.143. The Morgan fingerprint density at radius 1 is 0.232 bits per heavy atom. The lowest BCUT2D eigenvalue weighted by Crippen LogP contribution is -2.05. The molecule has 0 saturated heterocycles. The van der Waals surface area contributed by atoms with Crippen LogP contribution in [0, 0.1) is 0 Å². The van der Waals surface area contributed by atoms with Crippen molar-refractivity contribution in [2.24, 2.45) is 0 Å². The van der Waals surface area contributed by atoms with Crippen LogP contribution in [0.1, 0.15) is 335 Å². The molecular formula is C54H108O2. The van der Waals surface area contributed by atoms with Gasteiger partial charge >= 0.3 is 5.97 Å². The van der Waals surface area contributed by atoms with E-state index in [-0.39, 0.29) is 5.97 Å². The summed E-state index contributed by atoms with van der Waals surface area (Å²) in [5, 5.41) is 0. The highest BCUT2D eigenvalue weighted by atomic mass is 16.5. The highest BCUT2D eigenvalue weighted by molar-refractivity contribution is 5.69. The van der Waals surface area contributed by atoms with Gasteiger partial charge in [-0.3, -0.25) is 4.79 Å². The molecule has 0 aliphatic carbocycles. The van der Waals surface area contributed by atoms with Gasteiger partial charge in [0.05, 0.1) is 6.61 Å². The third kappa shape index (κ3) is 51.5. The van der Waals surface area contributed by atoms with Gasteiger partial charge in [0.2, 0.25) is 0 Å². The smallest absolute Gasteiger partial charge is 0.305 e. The molecule has 2 nitrogen and oxygen atoms in total. The highest BCUT2D eigenvalue weighted by Crippen LogP contribution is 2.18. The first-order valence-electron chi connectivity index (χ1n) is 27.0. The number of hydrogen-bond acceptors (Lipinski definition) is 2. The van der Waals surface area contributed by atoms with Gasteiger partial charge in [-0.2, -0.15) is 0 Å².